The maximum absolute atomic E-state index is 12.3. The predicted octanol–water partition coefficient (Wildman–Crippen LogP) is 4.75. The Morgan fingerprint density at radius 3 is 2.37 bits per heavy atom. The molecule has 2 N–H and O–H groups in total. The van der Waals surface area contributed by atoms with Crippen LogP contribution in [0.5, 0.6) is 5.75 Å². The molecule has 160 valence electrons. The third-order valence-electron chi connectivity index (χ3n) is 3.72. The zero-order valence-corrected chi connectivity index (χ0v) is 20.8. The van der Waals surface area contributed by atoms with Crippen molar-refractivity contribution in [3.8, 4) is 16.9 Å². The van der Waals surface area contributed by atoms with E-state index in [4.69, 9.17) is 0 Å². The Bertz CT molecular complexity index is 793. The molecule has 30 heavy (non-hydrogen) atoms. The van der Waals surface area contributed by atoms with E-state index in [1.807, 2.05) is 6.92 Å². The smallest absolute Gasteiger partial charge is 0.406 e. The average molecular weight is 645 g/mol. The van der Waals surface area contributed by atoms with Crippen molar-refractivity contribution in [3.63, 3.8) is 0 Å². The summed E-state index contributed by atoms with van der Waals surface area (Å²) in [5.41, 5.74) is 3.43. The van der Waals surface area contributed by atoms with E-state index < -0.39 is 6.36 Å². The third kappa shape index (κ3) is 9.38. The Morgan fingerprint density at radius 1 is 1.30 bits per heavy atom. The summed E-state index contributed by atoms with van der Waals surface area (Å²) in [6.07, 6.45) is -1.27. The SMILES string of the molecule is C=CC.[CH2-]CCc1[c-]c(-c2ccc(OC(F)(F)F)cc2)cc(CNC=O)c1CO.[U+2]. The number of benzene rings is 2. The van der Waals surface area contributed by atoms with Crippen molar-refractivity contribution in [2.75, 3.05) is 0 Å². The van der Waals surface area contributed by atoms with Gasteiger partial charge in [-0.1, -0.05) is 35.8 Å². The first-order valence-corrected chi connectivity index (χ1v) is 8.86. The fraction of sp³-hybridized carbons (Fsp3) is 0.273. The Labute approximate surface area is 198 Å². The molecule has 2 rings (SSSR count). The van der Waals surface area contributed by atoms with Crippen molar-refractivity contribution >= 4 is 6.41 Å². The van der Waals surface area contributed by atoms with Crippen LogP contribution in [0.3, 0.4) is 0 Å². The molecule has 0 unspecified atom stereocenters. The quantitative estimate of drug-likeness (QED) is 0.248. The fourth-order valence-electron chi connectivity index (χ4n) is 2.62. The number of aliphatic hydroxyl groups excluding tert-OH is 1. The number of alkyl halides is 3. The largest absolute Gasteiger partial charge is 2.00 e. The van der Waals surface area contributed by atoms with Crippen molar-refractivity contribution in [2.24, 2.45) is 0 Å². The van der Waals surface area contributed by atoms with Gasteiger partial charge in [-0.3, -0.25) is 4.79 Å². The number of carbonyl (C=O) groups excluding carboxylic acids is 1. The second-order valence-corrected chi connectivity index (χ2v) is 5.91. The van der Waals surface area contributed by atoms with E-state index in [0.717, 1.165) is 5.56 Å². The van der Waals surface area contributed by atoms with Gasteiger partial charge >= 0.3 is 37.5 Å². The molecule has 0 bridgehead atoms. The second-order valence-electron chi connectivity index (χ2n) is 5.91. The van der Waals surface area contributed by atoms with Crippen molar-refractivity contribution in [3.05, 3.63) is 72.7 Å². The van der Waals surface area contributed by atoms with Crippen LogP contribution in [0, 0.1) is 44.1 Å². The number of aliphatic hydroxyl groups is 1. The van der Waals surface area contributed by atoms with Gasteiger partial charge in [-0.05, 0) is 19.1 Å². The monoisotopic (exact) mass is 645 g/mol. The molecule has 1 amide bonds. The van der Waals surface area contributed by atoms with Gasteiger partial charge in [-0.25, -0.2) is 0 Å². The Morgan fingerprint density at radius 2 is 1.90 bits per heavy atom. The maximum Gasteiger partial charge on any atom is 2.00 e. The molecule has 0 saturated carbocycles. The summed E-state index contributed by atoms with van der Waals surface area (Å²) in [6, 6.07) is 10.4. The van der Waals surface area contributed by atoms with Gasteiger partial charge in [0.25, 0.3) is 0 Å². The average Bonchev–Trinajstić information content (AvgIpc) is 2.66. The van der Waals surface area contributed by atoms with Gasteiger partial charge < -0.3 is 22.1 Å². The van der Waals surface area contributed by atoms with E-state index in [0.29, 0.717) is 41.5 Å². The number of ether oxygens (including phenoxy) is 1. The molecule has 0 spiro atoms. The summed E-state index contributed by atoms with van der Waals surface area (Å²) >= 11 is 0. The number of allylic oxidation sites excluding steroid dienone is 1. The van der Waals surface area contributed by atoms with E-state index in [9.17, 15) is 23.1 Å². The van der Waals surface area contributed by atoms with Gasteiger partial charge in [0.1, 0.15) is 5.75 Å². The van der Waals surface area contributed by atoms with Crippen LogP contribution in [0.4, 0.5) is 13.2 Å². The van der Waals surface area contributed by atoms with Crippen LogP contribution in [-0.2, 0) is 24.4 Å². The van der Waals surface area contributed by atoms with Crippen LogP contribution in [0.25, 0.3) is 11.1 Å². The molecule has 0 radical (unpaired) electrons. The predicted molar refractivity (Wildman–Crippen MR) is 106 cm³/mol. The maximum atomic E-state index is 12.3. The zero-order chi connectivity index (χ0) is 21.9. The number of rotatable bonds is 8. The van der Waals surface area contributed by atoms with Gasteiger partial charge in [0, 0.05) is 13.2 Å². The summed E-state index contributed by atoms with van der Waals surface area (Å²) in [6.45, 7) is 9.06. The third-order valence-corrected chi connectivity index (χ3v) is 3.72. The van der Waals surface area contributed by atoms with Crippen LogP contribution >= 0.6 is 0 Å². The molecule has 0 aliphatic rings. The first kappa shape index (κ1) is 28.3. The van der Waals surface area contributed by atoms with E-state index in [1.165, 1.54) is 24.3 Å². The summed E-state index contributed by atoms with van der Waals surface area (Å²) in [5, 5.41) is 12.2. The van der Waals surface area contributed by atoms with Crippen molar-refractivity contribution in [1.82, 2.24) is 5.32 Å². The summed E-state index contributed by atoms with van der Waals surface area (Å²) < 4.78 is 40.7. The molecule has 0 saturated heterocycles. The van der Waals surface area contributed by atoms with Crippen molar-refractivity contribution in [2.45, 2.75) is 39.3 Å². The number of carbonyl (C=O) groups is 1. The van der Waals surface area contributed by atoms with Crippen LogP contribution in [0.15, 0.2) is 43.0 Å². The normalized spacial score (nSPS) is 10.2. The van der Waals surface area contributed by atoms with E-state index in [-0.39, 0.29) is 50.0 Å². The molecule has 0 aliphatic heterocycles. The van der Waals surface area contributed by atoms with Crippen LogP contribution in [0.2, 0.25) is 0 Å². The minimum Gasteiger partial charge on any atom is -0.406 e. The first-order chi connectivity index (χ1) is 13.8. The topological polar surface area (TPSA) is 58.6 Å². The number of nitrogens with one attached hydrogen (secondary N) is 1. The summed E-state index contributed by atoms with van der Waals surface area (Å²) in [5.74, 6) is -0.311. The van der Waals surface area contributed by atoms with Gasteiger partial charge in [0.2, 0.25) is 6.41 Å². The van der Waals surface area contributed by atoms with Gasteiger partial charge in [-0.2, -0.15) is 6.42 Å². The molecule has 8 heteroatoms. The summed E-state index contributed by atoms with van der Waals surface area (Å²) in [4.78, 5) is 10.6. The molecule has 0 atom stereocenters. The molecular formula is C22H24F3NO3U. The number of amides is 1. The second kappa shape index (κ2) is 14.3. The molecule has 0 aromatic heterocycles. The first-order valence-electron chi connectivity index (χ1n) is 8.86. The standard InChI is InChI=1S/C19H18F3NO3.C3H6.U/c1-2-3-14-8-15(9-16(10-23-12-25)18(14)11-24)13-4-6-17(7-5-13)26-19(20,21)22;1-3-2;/h4-7,9,12,24H,1-3,10-11H2,(H,23,25);3H,1H2,2H3;/q-2;;+2. The Kier molecular flexibility index (Phi) is 13.5. The van der Waals surface area contributed by atoms with E-state index in [2.05, 4.69) is 29.6 Å². The number of hydrogen-bond acceptors (Lipinski definition) is 3. The minimum absolute atomic E-state index is 0. The molecule has 2 aromatic carbocycles. The van der Waals surface area contributed by atoms with Crippen LogP contribution in [0.1, 0.15) is 30.0 Å². The minimum atomic E-state index is -4.74. The molecule has 0 fully saturated rings. The van der Waals surface area contributed by atoms with E-state index >= 15 is 0 Å². The van der Waals surface area contributed by atoms with Crippen molar-refractivity contribution in [1.29, 1.82) is 0 Å². The fourth-order valence-corrected chi connectivity index (χ4v) is 2.62. The number of hydrogen-bond donors (Lipinski definition) is 2. The number of aryl methyl sites for hydroxylation is 1. The van der Waals surface area contributed by atoms with Crippen molar-refractivity contribution < 1.29 is 58.9 Å². The molecule has 0 heterocycles. The molecule has 2 aromatic rings. The number of halogens is 3. The van der Waals surface area contributed by atoms with Crippen LogP contribution in [-0.4, -0.2) is 17.9 Å². The van der Waals surface area contributed by atoms with Gasteiger partial charge in [-0.15, -0.1) is 48.6 Å². The molecule has 0 aliphatic carbocycles. The Balaban J connectivity index is 0.00000198. The zero-order valence-electron chi connectivity index (χ0n) is 16.7. The summed E-state index contributed by atoms with van der Waals surface area (Å²) in [7, 11) is 0. The van der Waals surface area contributed by atoms with Gasteiger partial charge in [0.15, 0.2) is 0 Å². The molecule has 4 nitrogen and oxygen atoms in total. The molecular weight excluding hydrogens is 621 g/mol. The van der Waals surface area contributed by atoms with Crippen LogP contribution < -0.4 is 10.1 Å². The van der Waals surface area contributed by atoms with E-state index in [1.54, 1.807) is 12.1 Å². The Hall–Kier alpha value is -1.75. The van der Waals surface area contributed by atoms with Gasteiger partial charge in [0.05, 0.1) is 0 Å².